The molecule has 1 aromatic carbocycles. The van der Waals surface area contributed by atoms with Gasteiger partial charge in [-0.05, 0) is 18.4 Å². The van der Waals surface area contributed by atoms with Gasteiger partial charge in [-0.1, -0.05) is 56.5 Å². The normalized spacial score (nSPS) is 19.2. The lowest BCUT2D eigenvalue weighted by molar-refractivity contribution is 0.194. The first-order chi connectivity index (χ1) is 10.7. The fourth-order valence-corrected chi connectivity index (χ4v) is 3.01. The molecule has 4 nitrogen and oxygen atoms in total. The van der Waals surface area contributed by atoms with Crippen LogP contribution in [0.1, 0.15) is 50.6 Å². The zero-order valence-corrected chi connectivity index (χ0v) is 13.5. The van der Waals surface area contributed by atoms with Crippen LogP contribution in [0.25, 0.3) is 0 Å². The van der Waals surface area contributed by atoms with Crippen molar-refractivity contribution in [3.05, 3.63) is 35.9 Å². The van der Waals surface area contributed by atoms with Crippen LogP contribution in [0.3, 0.4) is 0 Å². The van der Waals surface area contributed by atoms with Crippen LogP contribution in [0.5, 0.6) is 0 Å². The maximum Gasteiger partial charge on any atom is 0.317 e. The molecule has 2 amide bonds. The van der Waals surface area contributed by atoms with Crippen LogP contribution in [0, 0.1) is 5.92 Å². The molecule has 22 heavy (non-hydrogen) atoms. The number of likely N-dealkylation sites (tertiary alicyclic amines) is 1. The first-order valence-electron chi connectivity index (χ1n) is 8.45. The number of hydrogen-bond donors (Lipinski definition) is 2. The molecule has 0 radical (unpaired) electrons. The first-order valence-corrected chi connectivity index (χ1v) is 8.45. The maximum absolute atomic E-state index is 12.5. The molecule has 4 heteroatoms. The van der Waals surface area contributed by atoms with E-state index in [-0.39, 0.29) is 24.6 Å². The highest BCUT2D eigenvalue weighted by Crippen LogP contribution is 2.22. The number of nitrogens with zero attached hydrogens (tertiary/aromatic N) is 1. The lowest BCUT2D eigenvalue weighted by Crippen LogP contribution is -2.40. The van der Waals surface area contributed by atoms with Crippen molar-refractivity contribution in [2.24, 2.45) is 5.92 Å². The molecule has 1 fully saturated rings. The van der Waals surface area contributed by atoms with Crippen LogP contribution in [0.2, 0.25) is 0 Å². The smallest absolute Gasteiger partial charge is 0.317 e. The summed E-state index contributed by atoms with van der Waals surface area (Å²) in [4.78, 5) is 14.3. The molecule has 2 unspecified atom stereocenters. The number of carbonyl (C=O) groups excluding carboxylic acids is 1. The van der Waals surface area contributed by atoms with Crippen molar-refractivity contribution in [1.29, 1.82) is 0 Å². The molecule has 1 heterocycles. The minimum absolute atomic E-state index is 0.00121. The highest BCUT2D eigenvalue weighted by Gasteiger charge is 2.27. The molecule has 0 bridgehead atoms. The largest absolute Gasteiger partial charge is 0.396 e. The molecule has 2 rings (SSSR count). The van der Waals surface area contributed by atoms with Crippen LogP contribution >= 0.6 is 0 Å². The maximum atomic E-state index is 12.5. The number of benzene rings is 1. The lowest BCUT2D eigenvalue weighted by atomic mass is 10.0. The summed E-state index contributed by atoms with van der Waals surface area (Å²) in [6.07, 6.45) is 5.36. The number of amides is 2. The SMILES string of the molecule is CCCCCC(NC(=O)N1CCC(CO)C1)c1ccccc1. The standard InChI is InChI=1S/C18H28N2O2/c1-2-3-5-10-17(16-8-6-4-7-9-16)19-18(22)20-12-11-15(13-20)14-21/h4,6-9,15,17,21H,2-3,5,10-14H2,1H3,(H,19,22). The minimum Gasteiger partial charge on any atom is -0.396 e. The summed E-state index contributed by atoms with van der Waals surface area (Å²) < 4.78 is 0. The molecule has 1 saturated heterocycles. The zero-order valence-electron chi connectivity index (χ0n) is 13.5. The van der Waals surface area contributed by atoms with Gasteiger partial charge in [0.1, 0.15) is 0 Å². The van der Waals surface area contributed by atoms with Crippen LogP contribution in [0.4, 0.5) is 4.79 Å². The van der Waals surface area contributed by atoms with Gasteiger partial charge < -0.3 is 15.3 Å². The monoisotopic (exact) mass is 304 g/mol. The van der Waals surface area contributed by atoms with Gasteiger partial charge in [-0.25, -0.2) is 4.79 Å². The van der Waals surface area contributed by atoms with Gasteiger partial charge in [0.25, 0.3) is 0 Å². The van der Waals surface area contributed by atoms with Gasteiger partial charge in [0, 0.05) is 25.6 Å². The van der Waals surface area contributed by atoms with Gasteiger partial charge in [-0.3, -0.25) is 0 Å². The number of rotatable bonds is 7. The third-order valence-corrected chi connectivity index (χ3v) is 4.43. The third kappa shape index (κ3) is 4.73. The second-order valence-electron chi connectivity index (χ2n) is 6.19. The van der Waals surface area contributed by atoms with Crippen molar-refractivity contribution in [1.82, 2.24) is 10.2 Å². The van der Waals surface area contributed by atoms with Gasteiger partial charge in [0.15, 0.2) is 0 Å². The number of urea groups is 1. The molecule has 0 aliphatic carbocycles. The summed E-state index contributed by atoms with van der Waals surface area (Å²) in [5.41, 5.74) is 1.17. The van der Waals surface area contributed by atoms with E-state index in [1.807, 2.05) is 23.1 Å². The number of hydrogen-bond acceptors (Lipinski definition) is 2. The molecule has 2 N–H and O–H groups in total. The van der Waals surface area contributed by atoms with Crippen molar-refractivity contribution in [2.45, 2.75) is 45.1 Å². The lowest BCUT2D eigenvalue weighted by Gasteiger charge is -2.24. The summed E-state index contributed by atoms with van der Waals surface area (Å²) in [6.45, 7) is 3.77. The van der Waals surface area contributed by atoms with Crippen molar-refractivity contribution in [2.75, 3.05) is 19.7 Å². The molecule has 1 aromatic rings. The van der Waals surface area contributed by atoms with Gasteiger partial charge in [-0.2, -0.15) is 0 Å². The predicted octanol–water partition coefficient (Wildman–Crippen LogP) is 3.33. The third-order valence-electron chi connectivity index (χ3n) is 4.43. The van der Waals surface area contributed by atoms with Crippen molar-refractivity contribution < 1.29 is 9.90 Å². The van der Waals surface area contributed by atoms with E-state index in [2.05, 4.69) is 24.4 Å². The number of aliphatic hydroxyl groups is 1. The Kier molecular flexibility index (Phi) is 6.72. The number of nitrogens with one attached hydrogen (secondary N) is 1. The molecule has 2 atom stereocenters. The summed E-state index contributed by atoms with van der Waals surface area (Å²) >= 11 is 0. The van der Waals surface area contributed by atoms with E-state index in [0.29, 0.717) is 6.54 Å². The Balaban J connectivity index is 1.95. The van der Waals surface area contributed by atoms with Crippen LogP contribution < -0.4 is 5.32 Å². The Labute approximate surface area is 133 Å². The van der Waals surface area contributed by atoms with Crippen molar-refractivity contribution in [3.63, 3.8) is 0 Å². The highest BCUT2D eigenvalue weighted by atomic mass is 16.3. The molecule has 1 aliphatic heterocycles. The van der Waals surface area contributed by atoms with Gasteiger partial charge in [0.2, 0.25) is 0 Å². The minimum atomic E-state index is 0.00121. The molecule has 0 saturated carbocycles. The highest BCUT2D eigenvalue weighted by molar-refractivity contribution is 5.75. The van der Waals surface area contributed by atoms with Gasteiger partial charge in [0.05, 0.1) is 6.04 Å². The van der Waals surface area contributed by atoms with Crippen molar-refractivity contribution in [3.8, 4) is 0 Å². The topological polar surface area (TPSA) is 52.6 Å². The zero-order chi connectivity index (χ0) is 15.8. The van der Waals surface area contributed by atoms with Gasteiger partial charge in [-0.15, -0.1) is 0 Å². The Morgan fingerprint density at radius 1 is 1.36 bits per heavy atom. The Morgan fingerprint density at radius 3 is 2.77 bits per heavy atom. The van der Waals surface area contributed by atoms with E-state index < -0.39 is 0 Å². The van der Waals surface area contributed by atoms with E-state index >= 15 is 0 Å². The average Bonchev–Trinajstić information content (AvgIpc) is 3.04. The average molecular weight is 304 g/mol. The van der Waals surface area contributed by atoms with E-state index in [0.717, 1.165) is 25.8 Å². The van der Waals surface area contributed by atoms with E-state index in [1.165, 1.54) is 18.4 Å². The Bertz CT molecular complexity index is 450. The number of aliphatic hydroxyl groups excluding tert-OH is 1. The van der Waals surface area contributed by atoms with E-state index in [1.54, 1.807) is 0 Å². The second kappa shape index (κ2) is 8.79. The molecular formula is C18H28N2O2. The van der Waals surface area contributed by atoms with Crippen LogP contribution in [0.15, 0.2) is 30.3 Å². The number of carbonyl (C=O) groups is 1. The summed E-state index contributed by atoms with van der Waals surface area (Å²) in [5, 5.41) is 12.4. The molecular weight excluding hydrogens is 276 g/mol. The molecule has 1 aliphatic rings. The molecule has 0 aromatic heterocycles. The van der Waals surface area contributed by atoms with Gasteiger partial charge >= 0.3 is 6.03 Å². The summed E-state index contributed by atoms with van der Waals surface area (Å²) in [7, 11) is 0. The summed E-state index contributed by atoms with van der Waals surface area (Å²) in [5.74, 6) is 0.237. The number of unbranched alkanes of at least 4 members (excludes halogenated alkanes) is 2. The quantitative estimate of drug-likeness (QED) is 0.759. The fourth-order valence-electron chi connectivity index (χ4n) is 3.01. The Hall–Kier alpha value is -1.55. The Morgan fingerprint density at radius 2 is 2.14 bits per heavy atom. The van der Waals surface area contributed by atoms with E-state index in [9.17, 15) is 9.90 Å². The van der Waals surface area contributed by atoms with Crippen LogP contribution in [-0.4, -0.2) is 35.7 Å². The van der Waals surface area contributed by atoms with E-state index in [4.69, 9.17) is 0 Å². The second-order valence-corrected chi connectivity index (χ2v) is 6.19. The summed E-state index contributed by atoms with van der Waals surface area (Å²) in [6, 6.07) is 10.3. The van der Waals surface area contributed by atoms with Crippen molar-refractivity contribution >= 4 is 6.03 Å². The first kappa shape index (κ1) is 16.8. The predicted molar refractivity (Wildman–Crippen MR) is 88.6 cm³/mol. The fraction of sp³-hybridized carbons (Fsp3) is 0.611. The molecule has 0 spiro atoms. The van der Waals surface area contributed by atoms with Crippen LogP contribution in [-0.2, 0) is 0 Å². The molecule has 122 valence electrons.